The van der Waals surface area contributed by atoms with Gasteiger partial charge in [0.2, 0.25) is 5.91 Å². The molecule has 1 aromatic carbocycles. The van der Waals surface area contributed by atoms with Crippen molar-refractivity contribution in [2.45, 2.75) is 13.3 Å². The van der Waals surface area contributed by atoms with Crippen LogP contribution in [0.2, 0.25) is 0 Å². The van der Waals surface area contributed by atoms with Gasteiger partial charge in [0.25, 0.3) is 0 Å². The summed E-state index contributed by atoms with van der Waals surface area (Å²) in [7, 11) is 1.72. The third-order valence-corrected chi connectivity index (χ3v) is 6.36. The first kappa shape index (κ1) is 22.7. The highest BCUT2D eigenvalue weighted by Gasteiger charge is 2.35. The first-order chi connectivity index (χ1) is 16.9. The number of nitrogens with two attached hydrogens (primary N) is 2. The van der Waals surface area contributed by atoms with Crippen LogP contribution in [0.15, 0.2) is 24.5 Å². The van der Waals surface area contributed by atoms with Crippen molar-refractivity contribution in [1.82, 2.24) is 24.9 Å². The Morgan fingerprint density at radius 1 is 1.26 bits per heavy atom. The average Bonchev–Trinajstić information content (AvgIpc) is 3.40. The van der Waals surface area contributed by atoms with Crippen molar-refractivity contribution in [3.63, 3.8) is 0 Å². The molecule has 1 aliphatic rings. The second kappa shape index (κ2) is 8.95. The number of anilines is 2. The number of amides is 1. The van der Waals surface area contributed by atoms with Crippen LogP contribution in [0.4, 0.5) is 15.9 Å². The molecule has 11 nitrogen and oxygen atoms in total. The molecule has 2 atom stereocenters. The summed E-state index contributed by atoms with van der Waals surface area (Å²) < 4.78 is 20.4. The molecule has 0 saturated carbocycles. The van der Waals surface area contributed by atoms with Crippen molar-refractivity contribution in [3.05, 3.63) is 36.2 Å². The molecule has 0 unspecified atom stereocenters. The summed E-state index contributed by atoms with van der Waals surface area (Å²) >= 11 is 0. The van der Waals surface area contributed by atoms with Gasteiger partial charge >= 0.3 is 6.01 Å². The molecule has 1 saturated heterocycles. The molecule has 12 heteroatoms. The smallest absolute Gasteiger partial charge is 0.326 e. The van der Waals surface area contributed by atoms with Gasteiger partial charge in [-0.1, -0.05) is 0 Å². The van der Waals surface area contributed by atoms with Crippen LogP contribution < -0.4 is 26.4 Å². The fourth-order valence-corrected chi connectivity index (χ4v) is 4.70. The van der Waals surface area contributed by atoms with Gasteiger partial charge in [-0.25, -0.2) is 14.4 Å². The minimum absolute atomic E-state index is 0.0211. The number of benzene rings is 1. The van der Waals surface area contributed by atoms with E-state index in [2.05, 4.69) is 25.3 Å². The topological polar surface area (TPSA) is 161 Å². The zero-order valence-corrected chi connectivity index (χ0v) is 19.4. The first-order valence-corrected chi connectivity index (χ1v) is 11.3. The van der Waals surface area contributed by atoms with Gasteiger partial charge in [0.05, 0.1) is 29.0 Å². The Kier molecular flexibility index (Phi) is 5.81. The van der Waals surface area contributed by atoms with E-state index < -0.39 is 5.82 Å². The minimum Gasteiger partial charge on any atom is -0.421 e. The molecular formula is C23H26FN9O2. The van der Waals surface area contributed by atoms with Crippen molar-refractivity contribution in [2.24, 2.45) is 23.3 Å². The Morgan fingerprint density at radius 2 is 2.00 bits per heavy atom. The number of aryl methyl sites for hydroxylation is 1. The zero-order chi connectivity index (χ0) is 24.7. The molecule has 5 rings (SSSR count). The largest absolute Gasteiger partial charge is 0.421 e. The molecule has 4 heterocycles. The second-order valence-electron chi connectivity index (χ2n) is 8.70. The van der Waals surface area contributed by atoms with Crippen molar-refractivity contribution < 1.29 is 13.9 Å². The lowest BCUT2D eigenvalue weighted by Gasteiger charge is -2.19. The molecule has 0 radical (unpaired) electrons. The summed E-state index contributed by atoms with van der Waals surface area (Å²) in [6.07, 6.45) is 3.31. The number of fused-ring (bicyclic) bond motifs is 3. The number of nitrogens with one attached hydrogen (secondary N) is 2. The molecule has 182 valence electrons. The number of H-pyrrole nitrogens is 1. The molecule has 35 heavy (non-hydrogen) atoms. The molecule has 3 aromatic heterocycles. The van der Waals surface area contributed by atoms with Crippen LogP contribution in [0.25, 0.3) is 21.9 Å². The Morgan fingerprint density at radius 3 is 2.69 bits per heavy atom. The van der Waals surface area contributed by atoms with E-state index in [4.69, 9.17) is 21.2 Å². The zero-order valence-electron chi connectivity index (χ0n) is 19.4. The fourth-order valence-electron chi connectivity index (χ4n) is 4.70. The molecule has 0 aliphatic carbocycles. The van der Waals surface area contributed by atoms with Crippen molar-refractivity contribution in [2.75, 3.05) is 36.9 Å². The predicted molar refractivity (Wildman–Crippen MR) is 130 cm³/mol. The highest BCUT2D eigenvalue weighted by Crippen LogP contribution is 2.39. The number of halogens is 1. The third kappa shape index (κ3) is 4.28. The van der Waals surface area contributed by atoms with Gasteiger partial charge < -0.3 is 31.4 Å². The molecule has 0 bridgehead atoms. The number of hydrogen-bond acceptors (Lipinski definition) is 9. The summed E-state index contributed by atoms with van der Waals surface area (Å²) in [5.74, 6) is 0.814. The summed E-state index contributed by atoms with van der Waals surface area (Å²) in [6, 6.07) is 2.95. The van der Waals surface area contributed by atoms with Crippen molar-refractivity contribution >= 4 is 39.3 Å². The van der Waals surface area contributed by atoms with E-state index >= 15 is 0 Å². The number of hydrogen-bond donors (Lipinski definition) is 4. The highest BCUT2D eigenvalue weighted by molar-refractivity contribution is 6.14. The van der Waals surface area contributed by atoms with Gasteiger partial charge in [0.15, 0.2) is 5.75 Å². The van der Waals surface area contributed by atoms with Crippen LogP contribution in [-0.2, 0) is 4.79 Å². The molecule has 1 aliphatic heterocycles. The first-order valence-electron chi connectivity index (χ1n) is 11.3. The molecular weight excluding hydrogens is 453 g/mol. The van der Waals surface area contributed by atoms with Crippen molar-refractivity contribution in [3.8, 4) is 11.8 Å². The maximum atomic E-state index is 14.5. The van der Waals surface area contributed by atoms with E-state index in [1.165, 1.54) is 12.1 Å². The summed E-state index contributed by atoms with van der Waals surface area (Å²) in [5.41, 5.74) is 13.3. The number of aromatic amines is 1. The van der Waals surface area contributed by atoms with Crippen LogP contribution in [0.5, 0.6) is 11.8 Å². The molecule has 6 N–H and O–H groups in total. The van der Waals surface area contributed by atoms with Crippen LogP contribution in [0, 0.1) is 24.6 Å². The van der Waals surface area contributed by atoms with Crippen LogP contribution >= 0.6 is 0 Å². The molecule has 0 spiro atoms. The van der Waals surface area contributed by atoms with Gasteiger partial charge in [-0.05, 0) is 37.4 Å². The minimum atomic E-state index is -0.390. The number of carbonyl (C=O) groups excluding carboxylic acids is 1. The Hall–Kier alpha value is -4.06. The van der Waals surface area contributed by atoms with Gasteiger partial charge in [-0.3, -0.25) is 4.79 Å². The Labute approximate surface area is 200 Å². The average molecular weight is 480 g/mol. The van der Waals surface area contributed by atoms with E-state index in [0.717, 1.165) is 0 Å². The Balaban J connectivity index is 1.67. The third-order valence-electron chi connectivity index (χ3n) is 6.36. The molecule has 1 fully saturated rings. The molecule has 4 aromatic rings. The van der Waals surface area contributed by atoms with E-state index in [1.54, 1.807) is 26.4 Å². The van der Waals surface area contributed by atoms with Crippen LogP contribution in [0.1, 0.15) is 12.2 Å². The van der Waals surface area contributed by atoms with Gasteiger partial charge in [-0.15, -0.1) is 0 Å². The Bertz CT molecular complexity index is 1410. The molecule has 1 amide bonds. The number of ether oxygens (including phenoxy) is 1. The number of nitrogens with zero attached hydrogens (tertiary/aromatic N) is 5. The fraction of sp³-hybridized carbons (Fsp3) is 0.348. The van der Waals surface area contributed by atoms with E-state index in [9.17, 15) is 9.18 Å². The van der Waals surface area contributed by atoms with E-state index in [0.29, 0.717) is 64.6 Å². The summed E-state index contributed by atoms with van der Waals surface area (Å²) in [4.78, 5) is 34.5. The number of primary amides is 1. The van der Waals surface area contributed by atoms with Crippen LogP contribution in [-0.4, -0.2) is 57.5 Å². The normalized spacial score (nSPS) is 17.9. The van der Waals surface area contributed by atoms with Gasteiger partial charge in [0, 0.05) is 31.9 Å². The van der Waals surface area contributed by atoms with Crippen molar-refractivity contribution in [1.29, 1.82) is 0 Å². The highest BCUT2D eigenvalue weighted by atomic mass is 19.1. The lowest BCUT2D eigenvalue weighted by atomic mass is 9.93. The van der Waals surface area contributed by atoms with E-state index in [-0.39, 0.29) is 30.2 Å². The standard InChI is InChI=1S/C23H26FN9O2/c1-11-28-7-15(8-29-11)35-23-31-21-19(16-4-14(24)5-17(27-2)20(16)30-21)22(32-23)33-9-12(3-18(26)34)13(6-25)10-33/h4-5,7-8,12-13,27H,3,6,9-10,25H2,1-2H3,(H2,26,34)(H,30,31,32)/t12-,13+/m0/s1. The number of rotatable bonds is 7. The maximum absolute atomic E-state index is 14.5. The SMILES string of the molecule is CNc1cc(F)cc2c1[nH]c1nc(Oc3cnc(C)nc3)nc(N3C[C@@H](CN)[C@@H](CC(N)=O)C3)c12. The predicted octanol–water partition coefficient (Wildman–Crippen LogP) is 2.07. The summed E-state index contributed by atoms with van der Waals surface area (Å²) in [5, 5.41) is 4.30. The van der Waals surface area contributed by atoms with Gasteiger partial charge in [0.1, 0.15) is 23.1 Å². The quantitative estimate of drug-likeness (QED) is 0.311. The van der Waals surface area contributed by atoms with Gasteiger partial charge in [-0.2, -0.15) is 9.97 Å². The second-order valence-corrected chi connectivity index (χ2v) is 8.70. The summed E-state index contributed by atoms with van der Waals surface area (Å²) in [6.45, 7) is 3.26. The number of aromatic nitrogens is 5. The monoisotopic (exact) mass is 479 g/mol. The lowest BCUT2D eigenvalue weighted by Crippen LogP contribution is -2.26. The van der Waals surface area contributed by atoms with E-state index in [1.807, 2.05) is 4.90 Å². The maximum Gasteiger partial charge on any atom is 0.326 e. The number of carbonyl (C=O) groups is 1. The lowest BCUT2D eigenvalue weighted by molar-refractivity contribution is -0.119. The van der Waals surface area contributed by atoms with Crippen LogP contribution in [0.3, 0.4) is 0 Å².